The van der Waals surface area contributed by atoms with Gasteiger partial charge in [-0.2, -0.15) is 0 Å². The van der Waals surface area contributed by atoms with E-state index in [4.69, 9.17) is 5.11 Å². The van der Waals surface area contributed by atoms with Gasteiger partial charge in [0, 0.05) is 12.0 Å². The van der Waals surface area contributed by atoms with E-state index in [9.17, 15) is 9.59 Å². The Labute approximate surface area is 79.1 Å². The maximum Gasteiger partial charge on any atom is 0.356 e. The van der Waals surface area contributed by atoms with Gasteiger partial charge < -0.3 is 5.11 Å². The first-order valence-electron chi connectivity index (χ1n) is 3.99. The summed E-state index contributed by atoms with van der Waals surface area (Å²) in [5, 5.41) is 15.8. The zero-order valence-corrected chi connectivity index (χ0v) is 7.10. The van der Waals surface area contributed by atoms with Gasteiger partial charge in [0.05, 0.1) is 5.69 Å². The first-order valence-corrected chi connectivity index (χ1v) is 3.99. The number of hydrogen-bond acceptors (Lipinski definition) is 4. The molecule has 0 atom stereocenters. The molecule has 1 aliphatic carbocycles. The van der Waals surface area contributed by atoms with Gasteiger partial charge in [-0.1, -0.05) is 6.08 Å². The maximum atomic E-state index is 11.3. The predicted molar refractivity (Wildman–Crippen MR) is 47.0 cm³/mol. The molecule has 0 aromatic carbocycles. The zero-order chi connectivity index (χ0) is 10.1. The summed E-state index contributed by atoms with van der Waals surface area (Å²) in [5.41, 5.74) is 0.568. The van der Waals surface area contributed by atoms with Crippen molar-refractivity contribution in [3.63, 3.8) is 0 Å². The van der Waals surface area contributed by atoms with Crippen molar-refractivity contribution in [1.29, 1.82) is 0 Å². The monoisotopic (exact) mass is 190 g/mol. The molecule has 0 aliphatic heterocycles. The molecule has 0 saturated carbocycles. The first-order chi connectivity index (χ1) is 6.68. The van der Waals surface area contributed by atoms with Gasteiger partial charge in [-0.15, -0.1) is 10.2 Å². The molecule has 0 amide bonds. The molecule has 1 N–H and O–H groups in total. The Hall–Kier alpha value is -2.04. The van der Waals surface area contributed by atoms with Crippen molar-refractivity contribution in [1.82, 2.24) is 10.2 Å². The minimum atomic E-state index is -1.18. The van der Waals surface area contributed by atoms with E-state index in [1.165, 1.54) is 6.07 Å². The third kappa shape index (κ3) is 1.28. The van der Waals surface area contributed by atoms with Crippen molar-refractivity contribution in [3.05, 3.63) is 29.1 Å². The Kier molecular flexibility index (Phi) is 1.85. The number of allylic oxidation sites excluding steroid dienone is 1. The van der Waals surface area contributed by atoms with Gasteiger partial charge in [-0.3, -0.25) is 4.79 Å². The van der Waals surface area contributed by atoms with Gasteiger partial charge in [0.1, 0.15) is 0 Å². The molecule has 1 aliphatic rings. The summed E-state index contributed by atoms with van der Waals surface area (Å²) in [5.74, 6) is -1.30. The van der Waals surface area contributed by atoms with Crippen molar-refractivity contribution < 1.29 is 14.7 Å². The highest BCUT2D eigenvalue weighted by Gasteiger charge is 2.17. The zero-order valence-electron chi connectivity index (χ0n) is 7.10. The number of hydrogen-bond donors (Lipinski definition) is 1. The van der Waals surface area contributed by atoms with E-state index < -0.39 is 5.97 Å². The number of carbonyl (C=O) groups is 2. The number of carbonyl (C=O) groups excluding carboxylic acids is 1. The minimum absolute atomic E-state index is 0.125. The molecule has 0 bridgehead atoms. The predicted octanol–water partition coefficient (Wildman–Crippen LogP) is 0.774. The van der Waals surface area contributed by atoms with Gasteiger partial charge in [-0.05, 0) is 12.1 Å². The number of rotatable bonds is 1. The fourth-order valence-corrected chi connectivity index (χ4v) is 1.24. The summed E-state index contributed by atoms with van der Waals surface area (Å²) < 4.78 is 0. The van der Waals surface area contributed by atoms with E-state index in [0.29, 0.717) is 11.3 Å². The Morgan fingerprint density at radius 2 is 2.21 bits per heavy atom. The summed E-state index contributed by atoms with van der Waals surface area (Å²) in [6.45, 7) is 0. The van der Waals surface area contributed by atoms with Crippen LogP contribution in [0.25, 0.3) is 6.08 Å². The van der Waals surface area contributed by atoms with Crippen LogP contribution in [-0.4, -0.2) is 27.1 Å². The number of fused-ring (bicyclic) bond motifs is 1. The number of carboxylic acid groups (broad SMARTS) is 1. The molecule has 1 aromatic heterocycles. The molecule has 5 heteroatoms. The molecule has 1 heterocycles. The number of aromatic carboxylic acids is 1. The number of ketones is 1. The summed E-state index contributed by atoms with van der Waals surface area (Å²) in [6, 6.07) is 1.26. The van der Waals surface area contributed by atoms with E-state index >= 15 is 0 Å². The highest BCUT2D eigenvalue weighted by molar-refractivity contribution is 6.03. The fourth-order valence-electron chi connectivity index (χ4n) is 1.24. The Morgan fingerprint density at radius 1 is 1.43 bits per heavy atom. The SMILES string of the molecule is O=C(O)c1cc2c(nn1)C=CCC2=O. The minimum Gasteiger partial charge on any atom is -0.476 e. The molecule has 5 nitrogen and oxygen atoms in total. The Morgan fingerprint density at radius 3 is 2.93 bits per heavy atom. The highest BCUT2D eigenvalue weighted by atomic mass is 16.4. The summed E-state index contributed by atoms with van der Waals surface area (Å²) in [7, 11) is 0. The van der Waals surface area contributed by atoms with Crippen LogP contribution in [0.2, 0.25) is 0 Å². The molecule has 70 valence electrons. The number of aromatic nitrogens is 2. The summed E-state index contributed by atoms with van der Waals surface area (Å²) in [4.78, 5) is 21.9. The molecule has 0 unspecified atom stereocenters. The lowest BCUT2D eigenvalue weighted by atomic mass is 10.0. The van der Waals surface area contributed by atoms with Crippen LogP contribution in [0.5, 0.6) is 0 Å². The Balaban J connectivity index is 2.57. The van der Waals surface area contributed by atoms with Crippen LogP contribution in [0.1, 0.15) is 33.0 Å². The smallest absolute Gasteiger partial charge is 0.356 e. The van der Waals surface area contributed by atoms with Gasteiger partial charge in [0.15, 0.2) is 11.5 Å². The topological polar surface area (TPSA) is 80.2 Å². The van der Waals surface area contributed by atoms with Crippen LogP contribution in [0.3, 0.4) is 0 Å². The molecular weight excluding hydrogens is 184 g/mol. The third-order valence-electron chi connectivity index (χ3n) is 1.92. The number of Topliss-reactive ketones (excluding diaryl/α,β-unsaturated/α-hetero) is 1. The van der Waals surface area contributed by atoms with E-state index in [2.05, 4.69) is 10.2 Å². The van der Waals surface area contributed by atoms with Gasteiger partial charge >= 0.3 is 5.97 Å². The van der Waals surface area contributed by atoms with E-state index in [1.807, 2.05) is 0 Å². The van der Waals surface area contributed by atoms with Crippen LogP contribution >= 0.6 is 0 Å². The molecule has 2 rings (SSSR count). The number of nitrogens with zero attached hydrogens (tertiary/aromatic N) is 2. The van der Waals surface area contributed by atoms with E-state index in [0.717, 1.165) is 0 Å². The second-order valence-electron chi connectivity index (χ2n) is 2.86. The lowest BCUT2D eigenvalue weighted by molar-refractivity contribution is 0.0689. The quantitative estimate of drug-likeness (QED) is 0.707. The van der Waals surface area contributed by atoms with Crippen LogP contribution in [0.4, 0.5) is 0 Å². The summed E-state index contributed by atoms with van der Waals surface area (Å²) in [6.07, 6.45) is 3.63. The molecular formula is C9H6N2O3. The third-order valence-corrected chi connectivity index (χ3v) is 1.92. The van der Waals surface area contributed by atoms with E-state index in [-0.39, 0.29) is 17.9 Å². The molecule has 0 fully saturated rings. The lowest BCUT2D eigenvalue weighted by Gasteiger charge is -2.06. The van der Waals surface area contributed by atoms with Crippen molar-refractivity contribution in [3.8, 4) is 0 Å². The van der Waals surface area contributed by atoms with Crippen molar-refractivity contribution in [2.24, 2.45) is 0 Å². The lowest BCUT2D eigenvalue weighted by Crippen LogP contribution is -2.11. The largest absolute Gasteiger partial charge is 0.476 e. The van der Waals surface area contributed by atoms with Crippen LogP contribution in [0.15, 0.2) is 12.1 Å². The normalized spacial score (nSPS) is 13.9. The maximum absolute atomic E-state index is 11.3. The molecule has 1 aromatic rings. The van der Waals surface area contributed by atoms with Crippen molar-refractivity contribution in [2.45, 2.75) is 6.42 Å². The van der Waals surface area contributed by atoms with Crippen LogP contribution < -0.4 is 0 Å². The molecule has 14 heavy (non-hydrogen) atoms. The number of carboxylic acids is 1. The Bertz CT molecular complexity index is 451. The molecule has 0 radical (unpaired) electrons. The second kappa shape index (κ2) is 3.02. The van der Waals surface area contributed by atoms with E-state index in [1.54, 1.807) is 12.2 Å². The average molecular weight is 190 g/mol. The standard InChI is InChI=1S/C9H6N2O3/c12-8-3-1-2-6-5(8)4-7(9(13)14)11-10-6/h1-2,4H,3H2,(H,13,14). The highest BCUT2D eigenvalue weighted by Crippen LogP contribution is 2.16. The van der Waals surface area contributed by atoms with Crippen LogP contribution in [-0.2, 0) is 0 Å². The molecule has 0 spiro atoms. The fraction of sp³-hybridized carbons (Fsp3) is 0.111. The van der Waals surface area contributed by atoms with Gasteiger partial charge in [-0.25, -0.2) is 4.79 Å². The summed E-state index contributed by atoms with van der Waals surface area (Å²) >= 11 is 0. The van der Waals surface area contributed by atoms with Gasteiger partial charge in [0.2, 0.25) is 0 Å². The average Bonchev–Trinajstić information content (AvgIpc) is 2.18. The van der Waals surface area contributed by atoms with Crippen molar-refractivity contribution in [2.75, 3.05) is 0 Å². The molecule has 0 saturated heterocycles. The van der Waals surface area contributed by atoms with Crippen molar-refractivity contribution >= 4 is 17.8 Å². The first kappa shape index (κ1) is 8.55. The van der Waals surface area contributed by atoms with Crippen LogP contribution in [0, 0.1) is 0 Å². The second-order valence-corrected chi connectivity index (χ2v) is 2.86. The van der Waals surface area contributed by atoms with Gasteiger partial charge in [0.25, 0.3) is 0 Å².